The summed E-state index contributed by atoms with van der Waals surface area (Å²) in [6.45, 7) is 7.93. The quantitative estimate of drug-likeness (QED) is 0.799. The number of thioether (sulfide) groups is 1. The average Bonchev–Trinajstić information content (AvgIpc) is 2.62. The molecule has 0 spiro atoms. The van der Waals surface area contributed by atoms with Crippen LogP contribution in [0.4, 0.5) is 0 Å². The van der Waals surface area contributed by atoms with E-state index in [1.807, 2.05) is 11.8 Å². The highest BCUT2D eigenvalue weighted by Gasteiger charge is 2.29. The molecule has 2 nitrogen and oxygen atoms in total. The summed E-state index contributed by atoms with van der Waals surface area (Å²) in [6.07, 6.45) is 6.74. The van der Waals surface area contributed by atoms with Crippen LogP contribution in [-0.4, -0.2) is 23.0 Å². The molecule has 1 saturated heterocycles. The van der Waals surface area contributed by atoms with Crippen molar-refractivity contribution in [2.24, 2.45) is 10.4 Å². The summed E-state index contributed by atoms with van der Waals surface area (Å²) in [7, 11) is 0. The van der Waals surface area contributed by atoms with E-state index in [1.165, 1.54) is 43.0 Å². The molecule has 0 atom stereocenters. The van der Waals surface area contributed by atoms with Gasteiger partial charge in [0, 0.05) is 17.8 Å². The molecule has 1 aliphatic heterocycles. The smallest absolute Gasteiger partial charge is 0.156 e. The summed E-state index contributed by atoms with van der Waals surface area (Å²) in [5, 5.41) is 4.72. The van der Waals surface area contributed by atoms with Gasteiger partial charge < -0.3 is 5.32 Å². The molecule has 1 heterocycles. The number of nitrogens with one attached hydrogen (secondary N) is 1. The highest BCUT2D eigenvalue weighted by molar-refractivity contribution is 8.13. The van der Waals surface area contributed by atoms with E-state index >= 15 is 0 Å². The lowest BCUT2D eigenvalue weighted by Gasteiger charge is -2.33. The summed E-state index contributed by atoms with van der Waals surface area (Å²) >= 11 is 1.89. The molecule has 0 aromatic carbocycles. The zero-order valence-electron chi connectivity index (χ0n) is 10.8. The van der Waals surface area contributed by atoms with Gasteiger partial charge >= 0.3 is 0 Å². The van der Waals surface area contributed by atoms with Crippen molar-refractivity contribution in [3.8, 4) is 0 Å². The predicted molar refractivity (Wildman–Crippen MR) is 73.2 cm³/mol. The maximum absolute atomic E-state index is 4.80. The highest BCUT2D eigenvalue weighted by atomic mass is 32.2. The molecular formula is C13H24N2S. The fourth-order valence-electron chi connectivity index (χ4n) is 2.53. The maximum Gasteiger partial charge on any atom is 0.156 e. The lowest BCUT2D eigenvalue weighted by atomic mass is 9.89. The molecule has 0 aromatic heterocycles. The molecule has 2 rings (SSSR count). The van der Waals surface area contributed by atoms with Crippen LogP contribution in [-0.2, 0) is 0 Å². The summed E-state index contributed by atoms with van der Waals surface area (Å²) in [4.78, 5) is 4.80. The van der Waals surface area contributed by atoms with Crippen LogP contribution in [0.15, 0.2) is 4.99 Å². The number of amidine groups is 1. The first-order chi connectivity index (χ1) is 7.49. The van der Waals surface area contributed by atoms with Crippen molar-refractivity contribution in [1.82, 2.24) is 5.32 Å². The molecule has 0 bridgehead atoms. The van der Waals surface area contributed by atoms with E-state index in [4.69, 9.17) is 4.99 Å². The largest absolute Gasteiger partial charge is 0.360 e. The van der Waals surface area contributed by atoms with Gasteiger partial charge in [0.15, 0.2) is 5.17 Å². The Kier molecular flexibility index (Phi) is 3.53. The molecule has 3 heteroatoms. The number of hydrogen-bond donors (Lipinski definition) is 1. The molecule has 2 fully saturated rings. The van der Waals surface area contributed by atoms with E-state index in [0.29, 0.717) is 5.41 Å². The van der Waals surface area contributed by atoms with Crippen molar-refractivity contribution >= 4 is 16.9 Å². The Hall–Kier alpha value is -0.180. The first kappa shape index (κ1) is 12.3. The zero-order valence-corrected chi connectivity index (χ0v) is 11.6. The van der Waals surface area contributed by atoms with E-state index in [9.17, 15) is 0 Å². The Morgan fingerprint density at radius 3 is 2.50 bits per heavy atom. The van der Waals surface area contributed by atoms with Crippen LogP contribution in [0.3, 0.4) is 0 Å². The van der Waals surface area contributed by atoms with Crippen LogP contribution < -0.4 is 5.32 Å². The Bertz CT molecular complexity index is 278. The van der Waals surface area contributed by atoms with Crippen molar-refractivity contribution in [1.29, 1.82) is 0 Å². The molecule has 92 valence electrons. The molecule has 1 saturated carbocycles. The van der Waals surface area contributed by atoms with Crippen molar-refractivity contribution in [3.63, 3.8) is 0 Å². The van der Waals surface area contributed by atoms with Gasteiger partial charge in [0.1, 0.15) is 0 Å². The molecule has 16 heavy (non-hydrogen) atoms. The summed E-state index contributed by atoms with van der Waals surface area (Å²) in [5.74, 6) is 1.20. The Balaban J connectivity index is 1.91. The second kappa shape index (κ2) is 4.59. The number of rotatable bonds is 2. The van der Waals surface area contributed by atoms with Gasteiger partial charge in [-0.05, 0) is 38.5 Å². The van der Waals surface area contributed by atoms with Crippen molar-refractivity contribution in [3.05, 3.63) is 0 Å². The first-order valence-electron chi connectivity index (χ1n) is 6.45. The van der Waals surface area contributed by atoms with Gasteiger partial charge in [-0.1, -0.05) is 31.5 Å². The van der Waals surface area contributed by atoms with Crippen LogP contribution in [0.2, 0.25) is 0 Å². The third kappa shape index (κ3) is 3.16. The molecule has 1 aliphatic carbocycles. The minimum atomic E-state index is 0.237. The van der Waals surface area contributed by atoms with E-state index < -0.39 is 0 Å². The Labute approximate surface area is 104 Å². The lowest BCUT2D eigenvalue weighted by Crippen LogP contribution is -2.46. The fraction of sp³-hybridized carbons (Fsp3) is 0.923. The van der Waals surface area contributed by atoms with Gasteiger partial charge in [-0.2, -0.15) is 0 Å². The number of nitrogens with zero attached hydrogens (tertiary/aromatic N) is 1. The molecule has 1 N–H and O–H groups in total. The monoisotopic (exact) mass is 240 g/mol. The molecule has 0 unspecified atom stereocenters. The van der Waals surface area contributed by atoms with Crippen LogP contribution in [0.1, 0.15) is 52.9 Å². The highest BCUT2D eigenvalue weighted by Crippen LogP contribution is 2.38. The van der Waals surface area contributed by atoms with Gasteiger partial charge in [-0.3, -0.25) is 4.99 Å². The van der Waals surface area contributed by atoms with E-state index in [-0.39, 0.29) is 5.54 Å². The summed E-state index contributed by atoms with van der Waals surface area (Å²) in [6, 6.07) is 0. The van der Waals surface area contributed by atoms with Crippen LogP contribution in [0, 0.1) is 5.41 Å². The second-order valence-electron chi connectivity index (χ2n) is 6.25. The standard InChI is InChI=1S/C13H24N2S/c1-12(2)8-9-16-11(15-12)14-10-13(3)6-4-5-7-13/h4-10H2,1-3H3,(H,14,15). The van der Waals surface area contributed by atoms with E-state index in [2.05, 4.69) is 26.1 Å². The van der Waals surface area contributed by atoms with E-state index in [1.54, 1.807) is 0 Å². The minimum absolute atomic E-state index is 0.237. The van der Waals surface area contributed by atoms with Crippen LogP contribution in [0.5, 0.6) is 0 Å². The maximum atomic E-state index is 4.80. The van der Waals surface area contributed by atoms with Gasteiger partial charge in [0.25, 0.3) is 0 Å². The van der Waals surface area contributed by atoms with Crippen LogP contribution >= 0.6 is 11.8 Å². The topological polar surface area (TPSA) is 24.4 Å². The van der Waals surface area contributed by atoms with E-state index in [0.717, 1.165) is 6.54 Å². The third-order valence-electron chi connectivity index (χ3n) is 3.83. The van der Waals surface area contributed by atoms with Crippen molar-refractivity contribution in [2.75, 3.05) is 12.3 Å². The number of aliphatic imine (C=N–C) groups is 1. The summed E-state index contributed by atoms with van der Waals surface area (Å²) in [5.41, 5.74) is 0.720. The molecular weight excluding hydrogens is 216 g/mol. The zero-order chi connectivity index (χ0) is 11.6. The van der Waals surface area contributed by atoms with Crippen molar-refractivity contribution in [2.45, 2.75) is 58.4 Å². The molecule has 2 aliphatic rings. The minimum Gasteiger partial charge on any atom is -0.360 e. The Morgan fingerprint density at radius 2 is 1.88 bits per heavy atom. The fourth-order valence-corrected chi connectivity index (χ4v) is 3.84. The molecule has 0 radical (unpaired) electrons. The number of hydrogen-bond acceptors (Lipinski definition) is 2. The first-order valence-corrected chi connectivity index (χ1v) is 7.43. The summed E-state index contributed by atoms with van der Waals surface area (Å²) < 4.78 is 0. The Morgan fingerprint density at radius 1 is 1.19 bits per heavy atom. The van der Waals surface area contributed by atoms with Crippen molar-refractivity contribution < 1.29 is 0 Å². The SMILES string of the molecule is CC1(CN=C2NC(C)(C)CCS2)CCCC1. The van der Waals surface area contributed by atoms with Crippen LogP contribution in [0.25, 0.3) is 0 Å². The van der Waals surface area contributed by atoms with Gasteiger partial charge in [0.05, 0.1) is 0 Å². The molecule has 0 aromatic rings. The van der Waals surface area contributed by atoms with Gasteiger partial charge in [0.2, 0.25) is 0 Å². The lowest BCUT2D eigenvalue weighted by molar-refractivity contribution is 0.350. The average molecular weight is 240 g/mol. The van der Waals surface area contributed by atoms with Gasteiger partial charge in [-0.25, -0.2) is 0 Å². The second-order valence-corrected chi connectivity index (χ2v) is 7.33. The van der Waals surface area contributed by atoms with Gasteiger partial charge in [-0.15, -0.1) is 0 Å². The molecule has 0 amide bonds. The normalized spacial score (nSPS) is 30.3. The third-order valence-corrected chi connectivity index (χ3v) is 4.74. The predicted octanol–water partition coefficient (Wildman–Crippen LogP) is 3.43.